The smallest absolute Gasteiger partial charge is 0.253 e. The van der Waals surface area contributed by atoms with Crippen molar-refractivity contribution >= 4 is 16.7 Å². The van der Waals surface area contributed by atoms with Crippen LogP contribution in [0.5, 0.6) is 0 Å². The van der Waals surface area contributed by atoms with Gasteiger partial charge in [-0.2, -0.15) is 29.4 Å². The van der Waals surface area contributed by atoms with Crippen LogP contribution < -0.4 is 4.90 Å². The van der Waals surface area contributed by atoms with Gasteiger partial charge in [-0.3, -0.25) is 4.68 Å². The van der Waals surface area contributed by atoms with Gasteiger partial charge in [0.15, 0.2) is 5.82 Å². The Morgan fingerprint density at radius 3 is 2.85 bits per heavy atom. The summed E-state index contributed by atoms with van der Waals surface area (Å²) in [5, 5.41) is 24.0. The third kappa shape index (κ3) is 3.49. The maximum absolute atomic E-state index is 14.4. The average Bonchev–Trinajstić information content (AvgIpc) is 3.60. The van der Waals surface area contributed by atoms with Crippen LogP contribution in [0, 0.1) is 46.3 Å². The van der Waals surface area contributed by atoms with Crippen LogP contribution in [-0.2, 0) is 0 Å². The molecule has 1 aliphatic rings. The predicted molar refractivity (Wildman–Crippen MR) is 114 cm³/mol. The van der Waals surface area contributed by atoms with E-state index in [-0.39, 0.29) is 37.2 Å². The molecule has 5 rings (SSSR count). The third-order valence-electron chi connectivity index (χ3n) is 6.10. The number of fused-ring (bicyclic) bond motifs is 1. The summed E-state index contributed by atoms with van der Waals surface area (Å²) < 4.78 is 43.7. The Hall–Kier alpha value is -4.45. The standard InChI is InChI=1S/C22H16F3N9/c23-17-15(7-27)19(21(25)32-20(17)24)33-6-3-12(9-33)16(1-4-26)34-10-13(8-31-34)18-14-2-5-28-22(14)30-11-29-18/h2,5,8,10-12,16H,1,3,6,9H2,(H,28,29,30)/t12-,16-/m0/s1. The molecule has 9 nitrogen and oxygen atoms in total. The number of hydrogen-bond donors (Lipinski definition) is 1. The molecule has 0 spiro atoms. The van der Waals surface area contributed by atoms with Crippen molar-refractivity contribution in [2.24, 2.45) is 5.92 Å². The quantitative estimate of drug-likeness (QED) is 0.450. The van der Waals surface area contributed by atoms with Crippen molar-refractivity contribution < 1.29 is 13.2 Å². The summed E-state index contributed by atoms with van der Waals surface area (Å²) in [5.41, 5.74) is 1.04. The number of halogens is 3. The summed E-state index contributed by atoms with van der Waals surface area (Å²) in [6, 6.07) is 5.20. The fraction of sp³-hybridized carbons (Fsp3) is 0.273. The lowest BCUT2D eigenvalue weighted by atomic mass is 9.96. The number of rotatable bonds is 5. The molecule has 2 atom stereocenters. The second kappa shape index (κ2) is 8.48. The number of pyridine rings is 1. The van der Waals surface area contributed by atoms with E-state index in [0.29, 0.717) is 17.8 Å². The maximum atomic E-state index is 14.4. The number of nitrogens with zero attached hydrogens (tertiary/aromatic N) is 8. The summed E-state index contributed by atoms with van der Waals surface area (Å²) in [6.45, 7) is 0.504. The van der Waals surface area contributed by atoms with E-state index in [4.69, 9.17) is 0 Å². The van der Waals surface area contributed by atoms with Crippen molar-refractivity contribution in [1.82, 2.24) is 29.7 Å². The van der Waals surface area contributed by atoms with Gasteiger partial charge >= 0.3 is 0 Å². The maximum Gasteiger partial charge on any atom is 0.253 e. The summed E-state index contributed by atoms with van der Waals surface area (Å²) in [7, 11) is 0. The Morgan fingerprint density at radius 1 is 1.21 bits per heavy atom. The minimum absolute atomic E-state index is 0.132. The highest BCUT2D eigenvalue weighted by atomic mass is 19.2. The Morgan fingerprint density at radius 2 is 2.06 bits per heavy atom. The zero-order valence-corrected chi connectivity index (χ0v) is 17.6. The minimum atomic E-state index is -1.65. The van der Waals surface area contributed by atoms with E-state index in [1.165, 1.54) is 17.3 Å². The van der Waals surface area contributed by atoms with Crippen LogP contribution in [0.15, 0.2) is 31.0 Å². The molecule has 34 heavy (non-hydrogen) atoms. The lowest BCUT2D eigenvalue weighted by Crippen LogP contribution is -2.27. The molecule has 0 saturated carbocycles. The zero-order valence-electron chi connectivity index (χ0n) is 17.6. The molecular formula is C22H16F3N9. The van der Waals surface area contributed by atoms with Gasteiger partial charge in [0.2, 0.25) is 5.95 Å². The average molecular weight is 463 g/mol. The molecule has 1 N–H and O–H groups in total. The van der Waals surface area contributed by atoms with Crippen LogP contribution in [0.4, 0.5) is 18.9 Å². The number of nitriles is 2. The molecule has 5 heterocycles. The van der Waals surface area contributed by atoms with Gasteiger partial charge in [-0.05, 0) is 12.5 Å². The summed E-state index contributed by atoms with van der Waals surface area (Å²) in [4.78, 5) is 16.0. The molecule has 4 aromatic rings. The number of aromatic amines is 1. The highest BCUT2D eigenvalue weighted by Crippen LogP contribution is 2.36. The third-order valence-corrected chi connectivity index (χ3v) is 6.10. The van der Waals surface area contributed by atoms with Gasteiger partial charge in [-0.15, -0.1) is 0 Å². The second-order valence-corrected chi connectivity index (χ2v) is 7.94. The Labute approximate surface area is 191 Å². The highest BCUT2D eigenvalue weighted by molar-refractivity contribution is 5.89. The van der Waals surface area contributed by atoms with Crippen molar-refractivity contribution in [2.75, 3.05) is 18.0 Å². The van der Waals surface area contributed by atoms with Gasteiger partial charge in [0.1, 0.15) is 29.3 Å². The summed E-state index contributed by atoms with van der Waals surface area (Å²) >= 11 is 0. The normalized spacial score (nSPS) is 16.5. The molecule has 170 valence electrons. The van der Waals surface area contributed by atoms with Crippen LogP contribution in [0.1, 0.15) is 24.4 Å². The van der Waals surface area contributed by atoms with Crippen LogP contribution >= 0.6 is 0 Å². The van der Waals surface area contributed by atoms with E-state index in [1.807, 2.05) is 6.07 Å². The molecule has 0 unspecified atom stereocenters. The second-order valence-electron chi connectivity index (χ2n) is 7.94. The van der Waals surface area contributed by atoms with E-state index < -0.39 is 23.3 Å². The fourth-order valence-electron chi connectivity index (χ4n) is 4.51. The molecule has 1 aliphatic heterocycles. The molecule has 0 amide bonds. The number of anilines is 1. The topological polar surface area (TPSA) is 123 Å². The van der Waals surface area contributed by atoms with E-state index >= 15 is 0 Å². The minimum Gasteiger partial charge on any atom is -0.366 e. The largest absolute Gasteiger partial charge is 0.366 e. The fourth-order valence-corrected chi connectivity index (χ4v) is 4.51. The molecule has 0 radical (unpaired) electrons. The number of H-pyrrole nitrogens is 1. The molecule has 12 heteroatoms. The van der Waals surface area contributed by atoms with E-state index in [2.05, 4.69) is 31.1 Å². The first-order valence-electron chi connectivity index (χ1n) is 10.4. The van der Waals surface area contributed by atoms with Crippen molar-refractivity contribution in [3.8, 4) is 23.4 Å². The summed E-state index contributed by atoms with van der Waals surface area (Å²) in [6.07, 6.45) is 7.32. The van der Waals surface area contributed by atoms with Gasteiger partial charge in [-0.1, -0.05) is 0 Å². The van der Waals surface area contributed by atoms with Gasteiger partial charge < -0.3 is 9.88 Å². The monoisotopic (exact) mass is 463 g/mol. The zero-order chi connectivity index (χ0) is 23.8. The lowest BCUT2D eigenvalue weighted by Gasteiger charge is -2.24. The van der Waals surface area contributed by atoms with Gasteiger partial charge in [-0.25, -0.2) is 14.4 Å². The molecule has 0 bridgehead atoms. The Balaban J connectivity index is 1.44. The number of aromatic nitrogens is 6. The first-order chi connectivity index (χ1) is 16.5. The highest BCUT2D eigenvalue weighted by Gasteiger charge is 2.35. The van der Waals surface area contributed by atoms with Crippen LogP contribution in [0.2, 0.25) is 0 Å². The first kappa shape index (κ1) is 21.4. The van der Waals surface area contributed by atoms with Crippen molar-refractivity contribution in [3.63, 3.8) is 0 Å². The molecule has 1 saturated heterocycles. The SMILES string of the molecule is N#CC[C@@H]([C@H]1CCN(c2c(F)nc(F)c(F)c2C#N)C1)n1cc(-c2ncnc3[nH]ccc23)cn1. The first-order valence-corrected chi connectivity index (χ1v) is 10.4. The molecule has 1 fully saturated rings. The number of hydrogen-bond acceptors (Lipinski definition) is 7. The van der Waals surface area contributed by atoms with E-state index in [1.54, 1.807) is 23.3 Å². The molecule has 0 aromatic carbocycles. The van der Waals surface area contributed by atoms with Crippen molar-refractivity contribution in [1.29, 1.82) is 10.5 Å². The van der Waals surface area contributed by atoms with Gasteiger partial charge in [0, 0.05) is 42.4 Å². The van der Waals surface area contributed by atoms with Gasteiger partial charge in [0.05, 0.1) is 30.4 Å². The van der Waals surface area contributed by atoms with E-state index in [9.17, 15) is 23.7 Å². The summed E-state index contributed by atoms with van der Waals surface area (Å²) in [5.74, 6) is -4.53. The number of nitrogens with one attached hydrogen (secondary N) is 1. The van der Waals surface area contributed by atoms with Crippen molar-refractivity contribution in [2.45, 2.75) is 18.9 Å². The van der Waals surface area contributed by atoms with Crippen LogP contribution in [-0.4, -0.2) is 42.8 Å². The predicted octanol–water partition coefficient (Wildman–Crippen LogP) is 3.49. The molecule has 0 aliphatic carbocycles. The Kier molecular flexibility index (Phi) is 5.34. The van der Waals surface area contributed by atoms with Crippen LogP contribution in [0.3, 0.4) is 0 Å². The van der Waals surface area contributed by atoms with Crippen LogP contribution in [0.25, 0.3) is 22.3 Å². The molecular weight excluding hydrogens is 447 g/mol. The molecule has 4 aromatic heterocycles. The van der Waals surface area contributed by atoms with Gasteiger partial charge in [0.25, 0.3) is 5.95 Å². The van der Waals surface area contributed by atoms with Crippen molar-refractivity contribution in [3.05, 3.63) is 54.3 Å². The van der Waals surface area contributed by atoms with E-state index in [0.717, 1.165) is 10.9 Å². The Bertz CT molecular complexity index is 1460. The lowest BCUT2D eigenvalue weighted by molar-refractivity contribution is 0.331.